The summed E-state index contributed by atoms with van der Waals surface area (Å²) in [7, 11) is 0. The van der Waals surface area contributed by atoms with E-state index in [9.17, 15) is 0 Å². The van der Waals surface area contributed by atoms with Gasteiger partial charge in [-0.25, -0.2) is 5.32 Å². The van der Waals surface area contributed by atoms with Gasteiger partial charge in [0.25, 0.3) is 0 Å². The molecule has 9 heavy (non-hydrogen) atoms. The molecule has 1 aliphatic heterocycles. The Labute approximate surface area is 60.8 Å². The van der Waals surface area contributed by atoms with Crippen molar-refractivity contribution in [1.82, 2.24) is 10.6 Å². The molecule has 0 aliphatic carbocycles. The summed E-state index contributed by atoms with van der Waals surface area (Å²) >= 11 is 1.95. The standard InChI is InChI=1S/C6H13N2S/c1-2-9-6-5-7-3-4-8-6/h6,8H,2-5H2,1H3. The van der Waals surface area contributed by atoms with Crippen molar-refractivity contribution in [2.75, 3.05) is 25.4 Å². The summed E-state index contributed by atoms with van der Waals surface area (Å²) in [4.78, 5) is 0. The lowest BCUT2D eigenvalue weighted by atomic mass is 10.4. The van der Waals surface area contributed by atoms with Crippen LogP contribution in [0, 0.1) is 0 Å². The van der Waals surface area contributed by atoms with Gasteiger partial charge in [-0.3, -0.25) is 0 Å². The van der Waals surface area contributed by atoms with Crippen LogP contribution in [-0.4, -0.2) is 30.8 Å². The molecule has 3 heteroatoms. The molecular weight excluding hydrogens is 132 g/mol. The number of hydrogen-bond acceptors (Lipinski definition) is 2. The Bertz CT molecular complexity index is 68.7. The van der Waals surface area contributed by atoms with E-state index in [0.717, 1.165) is 19.6 Å². The first kappa shape index (κ1) is 7.38. The third-order valence-corrected chi connectivity index (χ3v) is 2.36. The maximum atomic E-state index is 4.29. The number of thioether (sulfide) groups is 1. The van der Waals surface area contributed by atoms with Crippen LogP contribution in [0.15, 0.2) is 0 Å². The van der Waals surface area contributed by atoms with Gasteiger partial charge in [0.15, 0.2) is 0 Å². The third-order valence-electron chi connectivity index (χ3n) is 1.30. The van der Waals surface area contributed by atoms with Crippen molar-refractivity contribution in [2.24, 2.45) is 0 Å². The van der Waals surface area contributed by atoms with Crippen molar-refractivity contribution in [1.29, 1.82) is 0 Å². The van der Waals surface area contributed by atoms with Crippen molar-refractivity contribution in [3.05, 3.63) is 0 Å². The number of nitrogens with zero attached hydrogens (tertiary/aromatic N) is 1. The fraction of sp³-hybridized carbons (Fsp3) is 1.00. The minimum Gasteiger partial charge on any atom is -0.303 e. The van der Waals surface area contributed by atoms with Crippen LogP contribution in [0.1, 0.15) is 6.92 Å². The van der Waals surface area contributed by atoms with Gasteiger partial charge < -0.3 is 5.32 Å². The number of hydrogen-bond donors (Lipinski definition) is 1. The summed E-state index contributed by atoms with van der Waals surface area (Å²) in [5, 5.41) is 8.28. The fourth-order valence-electron chi connectivity index (χ4n) is 0.891. The Morgan fingerprint density at radius 2 is 2.67 bits per heavy atom. The highest BCUT2D eigenvalue weighted by atomic mass is 32.2. The van der Waals surface area contributed by atoms with Crippen molar-refractivity contribution in [3.63, 3.8) is 0 Å². The minimum atomic E-state index is 0.601. The van der Waals surface area contributed by atoms with Gasteiger partial charge in [0, 0.05) is 19.6 Å². The van der Waals surface area contributed by atoms with Gasteiger partial charge >= 0.3 is 0 Å². The average molecular weight is 145 g/mol. The highest BCUT2D eigenvalue weighted by Crippen LogP contribution is 2.07. The Balaban J connectivity index is 2.08. The van der Waals surface area contributed by atoms with E-state index >= 15 is 0 Å². The maximum absolute atomic E-state index is 4.29. The summed E-state index contributed by atoms with van der Waals surface area (Å²) in [6.45, 7) is 5.25. The molecule has 1 rings (SSSR count). The molecule has 0 aromatic rings. The molecule has 2 nitrogen and oxygen atoms in total. The van der Waals surface area contributed by atoms with Crippen molar-refractivity contribution >= 4 is 11.8 Å². The molecule has 1 heterocycles. The number of rotatable bonds is 2. The van der Waals surface area contributed by atoms with Crippen LogP contribution < -0.4 is 10.6 Å². The summed E-state index contributed by atoms with van der Waals surface area (Å²) in [6.07, 6.45) is 0. The molecule has 1 atom stereocenters. The van der Waals surface area contributed by atoms with E-state index in [1.165, 1.54) is 5.75 Å². The first-order chi connectivity index (χ1) is 4.43. The molecule has 0 aromatic heterocycles. The Morgan fingerprint density at radius 3 is 3.22 bits per heavy atom. The first-order valence-corrected chi connectivity index (χ1v) is 4.46. The van der Waals surface area contributed by atoms with Gasteiger partial charge in [0.05, 0.1) is 5.37 Å². The van der Waals surface area contributed by atoms with Gasteiger partial charge in [0.2, 0.25) is 0 Å². The molecule has 1 saturated heterocycles. The molecule has 0 saturated carbocycles. The van der Waals surface area contributed by atoms with Crippen molar-refractivity contribution in [3.8, 4) is 0 Å². The van der Waals surface area contributed by atoms with Crippen LogP contribution in [0.25, 0.3) is 0 Å². The molecule has 1 unspecified atom stereocenters. The van der Waals surface area contributed by atoms with Crippen LogP contribution in [-0.2, 0) is 0 Å². The Hall–Kier alpha value is 0.270. The van der Waals surface area contributed by atoms with Gasteiger partial charge in [-0.15, -0.1) is 11.8 Å². The van der Waals surface area contributed by atoms with E-state index in [1.54, 1.807) is 0 Å². The molecule has 0 spiro atoms. The molecule has 1 aliphatic rings. The molecule has 0 amide bonds. The lowest BCUT2D eigenvalue weighted by Crippen LogP contribution is -2.43. The fourth-order valence-corrected chi connectivity index (χ4v) is 1.74. The second kappa shape index (κ2) is 4.14. The summed E-state index contributed by atoms with van der Waals surface area (Å²) in [5.74, 6) is 1.19. The van der Waals surface area contributed by atoms with E-state index in [2.05, 4.69) is 17.6 Å². The number of nitrogens with one attached hydrogen (secondary N) is 1. The summed E-state index contributed by atoms with van der Waals surface area (Å²) in [6, 6.07) is 0. The van der Waals surface area contributed by atoms with Gasteiger partial charge in [0.1, 0.15) is 0 Å². The zero-order chi connectivity index (χ0) is 6.53. The van der Waals surface area contributed by atoms with E-state index in [4.69, 9.17) is 0 Å². The predicted octanol–water partition coefficient (Wildman–Crippen LogP) is 0.273. The Morgan fingerprint density at radius 1 is 1.78 bits per heavy atom. The van der Waals surface area contributed by atoms with Crippen LogP contribution in [0.3, 0.4) is 0 Å². The van der Waals surface area contributed by atoms with Crippen LogP contribution in [0.5, 0.6) is 0 Å². The van der Waals surface area contributed by atoms with Gasteiger partial charge in [-0.2, -0.15) is 0 Å². The quantitative estimate of drug-likeness (QED) is 0.604. The smallest absolute Gasteiger partial charge is 0.0675 e. The molecule has 1 radical (unpaired) electrons. The minimum absolute atomic E-state index is 0.601. The van der Waals surface area contributed by atoms with Gasteiger partial charge in [-0.05, 0) is 5.75 Å². The molecular formula is C6H13N2S. The van der Waals surface area contributed by atoms with E-state index in [0.29, 0.717) is 5.37 Å². The van der Waals surface area contributed by atoms with Crippen molar-refractivity contribution in [2.45, 2.75) is 12.3 Å². The highest BCUT2D eigenvalue weighted by molar-refractivity contribution is 7.99. The maximum Gasteiger partial charge on any atom is 0.0675 e. The molecule has 0 aromatic carbocycles. The Kier molecular flexibility index (Phi) is 3.40. The lowest BCUT2D eigenvalue weighted by Gasteiger charge is -2.21. The van der Waals surface area contributed by atoms with E-state index in [1.807, 2.05) is 11.8 Å². The van der Waals surface area contributed by atoms with Crippen LogP contribution >= 0.6 is 11.8 Å². The van der Waals surface area contributed by atoms with Crippen molar-refractivity contribution < 1.29 is 0 Å². The molecule has 0 bridgehead atoms. The normalized spacial score (nSPS) is 28.3. The average Bonchev–Trinajstić information content (AvgIpc) is 1.91. The number of piperazine rings is 1. The largest absolute Gasteiger partial charge is 0.303 e. The highest BCUT2D eigenvalue weighted by Gasteiger charge is 2.10. The van der Waals surface area contributed by atoms with Gasteiger partial charge in [-0.1, -0.05) is 6.92 Å². The summed E-state index contributed by atoms with van der Waals surface area (Å²) in [5.41, 5.74) is 0. The second-order valence-electron chi connectivity index (χ2n) is 2.03. The molecule has 1 fully saturated rings. The van der Waals surface area contributed by atoms with E-state index < -0.39 is 0 Å². The second-order valence-corrected chi connectivity index (χ2v) is 3.51. The monoisotopic (exact) mass is 145 g/mol. The third kappa shape index (κ3) is 2.56. The predicted molar refractivity (Wildman–Crippen MR) is 41.8 cm³/mol. The molecule has 53 valence electrons. The van der Waals surface area contributed by atoms with Crippen LogP contribution in [0.4, 0.5) is 0 Å². The van der Waals surface area contributed by atoms with E-state index in [-0.39, 0.29) is 0 Å². The lowest BCUT2D eigenvalue weighted by molar-refractivity contribution is 0.499. The molecule has 1 N–H and O–H groups in total. The zero-order valence-electron chi connectivity index (χ0n) is 5.76. The summed E-state index contributed by atoms with van der Waals surface area (Å²) < 4.78 is 0. The SMILES string of the molecule is CCSC1C[N]CCN1. The first-order valence-electron chi connectivity index (χ1n) is 3.41. The van der Waals surface area contributed by atoms with Crippen LogP contribution in [0.2, 0.25) is 0 Å². The zero-order valence-corrected chi connectivity index (χ0v) is 6.58. The topological polar surface area (TPSA) is 26.1 Å².